The Morgan fingerprint density at radius 2 is 1.57 bits per heavy atom. The van der Waals surface area contributed by atoms with Gasteiger partial charge in [-0.2, -0.15) is 0 Å². The van der Waals surface area contributed by atoms with E-state index in [1.165, 1.54) is 62.4 Å². The van der Waals surface area contributed by atoms with Gasteiger partial charge in [-0.05, 0) is 18.6 Å². The first-order valence-electron chi connectivity index (χ1n) is 8.49. The minimum atomic E-state index is 1.06. The lowest BCUT2D eigenvalue weighted by Crippen LogP contribution is -2.02. The monoisotopic (exact) mass is 284 g/mol. The molecule has 0 aliphatic rings. The van der Waals surface area contributed by atoms with Crippen LogP contribution in [0.4, 0.5) is 5.69 Å². The maximum atomic E-state index is 4.40. The van der Waals surface area contributed by atoms with Crippen molar-refractivity contribution in [2.75, 3.05) is 11.9 Å². The number of pyridine rings is 1. The van der Waals surface area contributed by atoms with E-state index in [4.69, 9.17) is 0 Å². The van der Waals surface area contributed by atoms with Crippen molar-refractivity contribution >= 4 is 16.6 Å². The Hall–Kier alpha value is -1.57. The number of hydrogen-bond donors (Lipinski definition) is 1. The molecule has 0 spiro atoms. The fourth-order valence-electron chi connectivity index (χ4n) is 2.73. The van der Waals surface area contributed by atoms with Gasteiger partial charge in [0.05, 0.1) is 5.52 Å². The number of nitrogens with zero attached hydrogens (tertiary/aromatic N) is 1. The van der Waals surface area contributed by atoms with Crippen LogP contribution in [0.2, 0.25) is 0 Å². The van der Waals surface area contributed by atoms with Crippen LogP contribution in [0.15, 0.2) is 36.5 Å². The number of benzene rings is 1. The molecule has 1 aromatic carbocycles. The van der Waals surface area contributed by atoms with Crippen LogP contribution in [-0.4, -0.2) is 11.5 Å². The lowest BCUT2D eigenvalue weighted by molar-refractivity contribution is 0.581. The summed E-state index contributed by atoms with van der Waals surface area (Å²) < 4.78 is 0. The van der Waals surface area contributed by atoms with Crippen LogP contribution < -0.4 is 5.32 Å². The number of hydrogen-bond acceptors (Lipinski definition) is 2. The summed E-state index contributed by atoms with van der Waals surface area (Å²) in [7, 11) is 0. The third-order valence-electron chi connectivity index (χ3n) is 3.99. The average molecular weight is 284 g/mol. The third-order valence-corrected chi connectivity index (χ3v) is 3.99. The minimum Gasteiger partial charge on any atom is -0.384 e. The zero-order valence-electron chi connectivity index (χ0n) is 13.3. The van der Waals surface area contributed by atoms with E-state index in [-0.39, 0.29) is 0 Å². The van der Waals surface area contributed by atoms with Gasteiger partial charge in [-0.15, -0.1) is 0 Å². The van der Waals surface area contributed by atoms with Crippen LogP contribution in [0.3, 0.4) is 0 Å². The van der Waals surface area contributed by atoms with Crippen molar-refractivity contribution in [2.24, 2.45) is 0 Å². The lowest BCUT2D eigenvalue weighted by Gasteiger charge is -2.09. The van der Waals surface area contributed by atoms with Gasteiger partial charge in [0.1, 0.15) is 0 Å². The molecule has 0 amide bonds. The number of nitrogens with one attached hydrogen (secondary N) is 1. The number of rotatable bonds is 10. The van der Waals surface area contributed by atoms with Crippen LogP contribution >= 0.6 is 0 Å². The molecule has 1 aromatic heterocycles. The molecule has 2 heteroatoms. The molecule has 0 fully saturated rings. The van der Waals surface area contributed by atoms with Gasteiger partial charge < -0.3 is 5.32 Å². The Morgan fingerprint density at radius 3 is 2.38 bits per heavy atom. The smallest absolute Gasteiger partial charge is 0.0722 e. The largest absolute Gasteiger partial charge is 0.384 e. The van der Waals surface area contributed by atoms with E-state index in [1.807, 2.05) is 12.3 Å². The normalized spacial score (nSPS) is 10.9. The molecule has 1 heterocycles. The summed E-state index contributed by atoms with van der Waals surface area (Å²) in [6.45, 7) is 3.33. The SMILES string of the molecule is CCCCCCCCCCNc1ccnc2ccccc12. The summed E-state index contributed by atoms with van der Waals surface area (Å²) in [6.07, 6.45) is 12.8. The summed E-state index contributed by atoms with van der Waals surface area (Å²) >= 11 is 0. The third kappa shape index (κ3) is 5.37. The van der Waals surface area contributed by atoms with Gasteiger partial charge in [0.25, 0.3) is 0 Å². The molecule has 21 heavy (non-hydrogen) atoms. The van der Waals surface area contributed by atoms with Gasteiger partial charge in [0.15, 0.2) is 0 Å². The zero-order valence-corrected chi connectivity index (χ0v) is 13.3. The van der Waals surface area contributed by atoms with Crippen molar-refractivity contribution in [1.82, 2.24) is 4.98 Å². The molecule has 0 bridgehead atoms. The topological polar surface area (TPSA) is 24.9 Å². The maximum Gasteiger partial charge on any atom is 0.0722 e. The summed E-state index contributed by atoms with van der Waals surface area (Å²) in [5, 5.41) is 4.78. The highest BCUT2D eigenvalue weighted by Gasteiger charge is 2.00. The molecule has 2 nitrogen and oxygen atoms in total. The maximum absolute atomic E-state index is 4.40. The Bertz CT molecular complexity index is 516. The molecule has 114 valence electrons. The number of unbranched alkanes of at least 4 members (excludes halogenated alkanes) is 7. The molecule has 0 atom stereocenters. The van der Waals surface area contributed by atoms with E-state index in [9.17, 15) is 0 Å². The molecule has 0 unspecified atom stereocenters. The lowest BCUT2D eigenvalue weighted by atomic mass is 10.1. The Kier molecular flexibility index (Phi) is 7.06. The standard InChI is InChI=1S/C19H28N2/c1-2-3-4-5-6-7-8-11-15-20-19-14-16-21-18-13-10-9-12-17(18)19/h9-10,12-14,16H,2-8,11,15H2,1H3,(H,20,21). The number of fused-ring (bicyclic) bond motifs is 1. The first-order chi connectivity index (χ1) is 10.4. The van der Waals surface area contributed by atoms with E-state index in [2.05, 4.69) is 41.5 Å². The van der Waals surface area contributed by atoms with E-state index in [1.54, 1.807) is 0 Å². The highest BCUT2D eigenvalue weighted by atomic mass is 14.9. The summed E-state index contributed by atoms with van der Waals surface area (Å²) in [5.41, 5.74) is 2.28. The molecular formula is C19H28N2. The molecule has 0 radical (unpaired) electrons. The molecule has 1 N–H and O–H groups in total. The summed E-state index contributed by atoms with van der Waals surface area (Å²) in [6, 6.07) is 10.4. The van der Waals surface area contributed by atoms with Gasteiger partial charge >= 0.3 is 0 Å². The quantitative estimate of drug-likeness (QED) is 0.559. The van der Waals surface area contributed by atoms with Gasteiger partial charge in [0.2, 0.25) is 0 Å². The van der Waals surface area contributed by atoms with E-state index >= 15 is 0 Å². The predicted molar refractivity (Wildman–Crippen MR) is 92.8 cm³/mol. The Labute approximate surface area is 129 Å². The van der Waals surface area contributed by atoms with Crippen LogP contribution in [0.1, 0.15) is 58.3 Å². The van der Waals surface area contributed by atoms with Crippen molar-refractivity contribution in [1.29, 1.82) is 0 Å². The summed E-state index contributed by atoms with van der Waals surface area (Å²) in [4.78, 5) is 4.40. The fraction of sp³-hybridized carbons (Fsp3) is 0.526. The second kappa shape index (κ2) is 9.38. The van der Waals surface area contributed by atoms with Gasteiger partial charge in [-0.3, -0.25) is 4.98 Å². The predicted octanol–water partition coefficient (Wildman–Crippen LogP) is 5.79. The van der Waals surface area contributed by atoms with E-state index in [0.29, 0.717) is 0 Å². The highest BCUT2D eigenvalue weighted by molar-refractivity contribution is 5.90. The van der Waals surface area contributed by atoms with Crippen LogP contribution in [0, 0.1) is 0 Å². The molecule has 2 rings (SSSR count). The van der Waals surface area contributed by atoms with Crippen molar-refractivity contribution in [3.63, 3.8) is 0 Å². The summed E-state index contributed by atoms with van der Waals surface area (Å²) in [5.74, 6) is 0. The highest BCUT2D eigenvalue weighted by Crippen LogP contribution is 2.20. The van der Waals surface area contributed by atoms with Gasteiger partial charge in [0, 0.05) is 23.8 Å². The number of anilines is 1. The second-order valence-corrected chi connectivity index (χ2v) is 5.78. The van der Waals surface area contributed by atoms with Crippen molar-refractivity contribution < 1.29 is 0 Å². The Balaban J connectivity index is 1.64. The first kappa shape index (κ1) is 15.8. The van der Waals surface area contributed by atoms with Crippen LogP contribution in [0.5, 0.6) is 0 Å². The average Bonchev–Trinajstić information content (AvgIpc) is 2.53. The van der Waals surface area contributed by atoms with E-state index < -0.39 is 0 Å². The van der Waals surface area contributed by atoms with E-state index in [0.717, 1.165) is 12.1 Å². The molecule has 0 aliphatic heterocycles. The zero-order chi connectivity index (χ0) is 14.8. The van der Waals surface area contributed by atoms with Crippen molar-refractivity contribution in [3.8, 4) is 0 Å². The molecular weight excluding hydrogens is 256 g/mol. The second-order valence-electron chi connectivity index (χ2n) is 5.78. The van der Waals surface area contributed by atoms with Crippen molar-refractivity contribution in [2.45, 2.75) is 58.3 Å². The molecule has 0 saturated heterocycles. The van der Waals surface area contributed by atoms with Gasteiger partial charge in [-0.25, -0.2) is 0 Å². The number of para-hydroxylation sites is 1. The van der Waals surface area contributed by atoms with Crippen LogP contribution in [-0.2, 0) is 0 Å². The van der Waals surface area contributed by atoms with Gasteiger partial charge in [-0.1, -0.05) is 70.1 Å². The minimum absolute atomic E-state index is 1.06. The van der Waals surface area contributed by atoms with Crippen LogP contribution in [0.25, 0.3) is 10.9 Å². The molecule has 2 aromatic rings. The fourth-order valence-corrected chi connectivity index (χ4v) is 2.73. The molecule has 0 aliphatic carbocycles. The first-order valence-corrected chi connectivity index (χ1v) is 8.49. The molecule has 0 saturated carbocycles. The Morgan fingerprint density at radius 1 is 0.857 bits per heavy atom. The van der Waals surface area contributed by atoms with Crippen molar-refractivity contribution in [3.05, 3.63) is 36.5 Å². The number of aromatic nitrogens is 1.